The third-order valence-electron chi connectivity index (χ3n) is 5.72. The van der Waals surface area contributed by atoms with Crippen LogP contribution in [-0.4, -0.2) is 64.3 Å². The van der Waals surface area contributed by atoms with Crippen molar-refractivity contribution in [2.45, 2.75) is 63.5 Å². The number of hydrogen-bond donors (Lipinski definition) is 2. The molecule has 10 heteroatoms. The van der Waals surface area contributed by atoms with Crippen molar-refractivity contribution >= 4 is 37.8 Å². The predicted octanol–water partition coefficient (Wildman–Crippen LogP) is 4.39. The van der Waals surface area contributed by atoms with E-state index < -0.39 is 43.7 Å². The zero-order valence-electron chi connectivity index (χ0n) is 20.4. The van der Waals surface area contributed by atoms with Crippen molar-refractivity contribution in [3.63, 3.8) is 0 Å². The molecular formula is C25H36NO7PS. The van der Waals surface area contributed by atoms with Crippen LogP contribution >= 0.6 is 20.0 Å². The monoisotopic (exact) mass is 525 g/mol. The molecule has 0 spiro atoms. The van der Waals surface area contributed by atoms with E-state index in [9.17, 15) is 24.1 Å². The Balaban J connectivity index is 2.15. The quantitative estimate of drug-likeness (QED) is 0.0926. The molecule has 194 valence electrons. The average Bonchev–Trinajstić information content (AvgIpc) is 3.19. The number of carbonyl (C=O) groups excluding carboxylic acids is 2. The Hall–Kier alpha value is -2.09. The first kappa shape index (κ1) is 29.1. The number of likely N-dealkylation sites (tertiary alicyclic amines) is 1. The van der Waals surface area contributed by atoms with Crippen molar-refractivity contribution in [3.05, 3.63) is 48.6 Å². The topological polar surface area (TPSA) is 110 Å². The normalized spacial score (nSPS) is 20.3. The molecule has 4 atom stereocenters. The van der Waals surface area contributed by atoms with Gasteiger partial charge in [-0.05, 0) is 31.2 Å². The highest BCUT2D eigenvalue weighted by Crippen LogP contribution is 2.50. The molecule has 1 fully saturated rings. The number of ether oxygens (including phenoxy) is 1. The van der Waals surface area contributed by atoms with Gasteiger partial charge in [0.05, 0.1) is 6.42 Å². The van der Waals surface area contributed by atoms with Gasteiger partial charge >= 0.3 is 11.9 Å². The van der Waals surface area contributed by atoms with E-state index in [2.05, 4.69) is 19.2 Å². The maximum Gasteiger partial charge on any atom is 0.326 e. The van der Waals surface area contributed by atoms with Crippen LogP contribution in [-0.2, 0) is 34.6 Å². The number of rotatable bonds is 14. The molecule has 0 bridgehead atoms. The van der Waals surface area contributed by atoms with E-state index >= 15 is 0 Å². The molecule has 1 aliphatic rings. The molecule has 0 unspecified atom stereocenters. The lowest BCUT2D eigenvalue weighted by atomic mass is 10.1. The Morgan fingerprint density at radius 2 is 1.94 bits per heavy atom. The minimum absolute atomic E-state index is 0.0235. The number of carboxylic acids is 1. The zero-order valence-corrected chi connectivity index (χ0v) is 22.2. The van der Waals surface area contributed by atoms with Gasteiger partial charge < -0.3 is 14.7 Å². The summed E-state index contributed by atoms with van der Waals surface area (Å²) >= 11 is 4.33. The first-order valence-corrected chi connectivity index (χ1v) is 14.4. The van der Waals surface area contributed by atoms with Crippen LogP contribution in [0.2, 0.25) is 0 Å². The van der Waals surface area contributed by atoms with E-state index in [1.165, 1.54) is 11.0 Å². The van der Waals surface area contributed by atoms with Gasteiger partial charge in [-0.25, -0.2) is 4.79 Å². The summed E-state index contributed by atoms with van der Waals surface area (Å²) in [6.07, 6.45) is 2.21. The Morgan fingerprint density at radius 3 is 2.54 bits per heavy atom. The van der Waals surface area contributed by atoms with Crippen LogP contribution in [0.4, 0.5) is 0 Å². The van der Waals surface area contributed by atoms with Crippen molar-refractivity contribution in [2.24, 2.45) is 5.92 Å². The Kier molecular flexibility index (Phi) is 11.5. The number of benzene rings is 1. The van der Waals surface area contributed by atoms with Crippen LogP contribution in [0.3, 0.4) is 0 Å². The van der Waals surface area contributed by atoms with E-state index in [0.29, 0.717) is 6.42 Å². The van der Waals surface area contributed by atoms with Crippen molar-refractivity contribution < 1.29 is 33.3 Å². The third kappa shape index (κ3) is 9.47. The molecule has 1 N–H and O–H groups in total. The number of nitrogens with zero attached hydrogens (tertiary/aromatic N) is 1. The first-order valence-electron chi connectivity index (χ1n) is 11.9. The highest BCUT2D eigenvalue weighted by atomic mass is 32.1. The number of hydrogen-bond acceptors (Lipinski definition) is 7. The Bertz CT molecular complexity index is 924. The van der Waals surface area contributed by atoms with Crippen LogP contribution in [0.15, 0.2) is 43.0 Å². The van der Waals surface area contributed by atoms with Crippen LogP contribution in [0.1, 0.15) is 45.1 Å². The maximum absolute atomic E-state index is 14.0. The summed E-state index contributed by atoms with van der Waals surface area (Å²) in [5.41, 5.74) is 1.15. The van der Waals surface area contributed by atoms with Gasteiger partial charge in [0.1, 0.15) is 12.2 Å². The van der Waals surface area contributed by atoms with Crippen LogP contribution < -0.4 is 0 Å². The lowest BCUT2D eigenvalue weighted by Crippen LogP contribution is -2.42. The molecule has 1 aromatic rings. The molecule has 1 aromatic carbocycles. The molecule has 1 aliphatic heterocycles. The van der Waals surface area contributed by atoms with Gasteiger partial charge in [0.15, 0.2) is 0 Å². The van der Waals surface area contributed by atoms with Gasteiger partial charge in [-0.15, -0.1) is 6.58 Å². The average molecular weight is 526 g/mol. The summed E-state index contributed by atoms with van der Waals surface area (Å²) in [4.78, 5) is 38.0. The number of thiol groups is 1. The summed E-state index contributed by atoms with van der Waals surface area (Å²) in [7, 11) is -3.62. The molecule has 2 rings (SSSR count). The van der Waals surface area contributed by atoms with E-state index in [1.807, 2.05) is 30.3 Å². The Labute approximate surface area is 212 Å². The van der Waals surface area contributed by atoms with Gasteiger partial charge in [0.2, 0.25) is 19.6 Å². The van der Waals surface area contributed by atoms with Gasteiger partial charge in [0, 0.05) is 23.9 Å². The SMILES string of the molecule is C=CCC(=O)O[C@@H](O[P@](=O)(CCCCc1ccccc1)CC(=O)N1C[C@H](S)C[C@H]1C(=O)O)C(C)C. The molecule has 1 heterocycles. The lowest BCUT2D eigenvalue weighted by Gasteiger charge is -2.29. The zero-order chi connectivity index (χ0) is 26.0. The van der Waals surface area contributed by atoms with E-state index in [4.69, 9.17) is 9.26 Å². The molecule has 1 saturated heterocycles. The third-order valence-corrected chi connectivity index (χ3v) is 8.43. The largest absolute Gasteiger partial charge is 0.480 e. The lowest BCUT2D eigenvalue weighted by molar-refractivity contribution is -0.168. The number of unbranched alkanes of at least 4 members (excludes halogenated alkanes) is 1. The highest BCUT2D eigenvalue weighted by molar-refractivity contribution is 7.81. The summed E-state index contributed by atoms with van der Waals surface area (Å²) < 4.78 is 25.2. The van der Waals surface area contributed by atoms with Gasteiger partial charge in [-0.2, -0.15) is 12.6 Å². The number of esters is 1. The standard InChI is InChI=1S/C25H36NO7PS/c1-4-10-23(28)32-25(18(2)3)33-34(31,14-9-8-13-19-11-6-5-7-12-19)17-22(27)26-16-20(35)15-21(26)24(29)30/h4-7,11-12,18,20-21,25,35H,1,8-10,13-17H2,2-3H3,(H,29,30)/t20-,21+,25+,34-/m1/s1. The number of carbonyl (C=O) groups is 3. The fourth-order valence-corrected chi connectivity index (χ4v) is 6.56. The van der Waals surface area contributed by atoms with Crippen molar-refractivity contribution in [2.75, 3.05) is 18.9 Å². The highest BCUT2D eigenvalue weighted by Gasteiger charge is 2.41. The number of aliphatic carboxylic acids is 1. The van der Waals surface area contributed by atoms with Crippen LogP contribution in [0.25, 0.3) is 0 Å². The predicted molar refractivity (Wildman–Crippen MR) is 138 cm³/mol. The summed E-state index contributed by atoms with van der Waals surface area (Å²) in [5.74, 6) is -2.55. The van der Waals surface area contributed by atoms with E-state index in [1.54, 1.807) is 13.8 Å². The van der Waals surface area contributed by atoms with Gasteiger partial charge in [-0.1, -0.05) is 50.3 Å². The molecule has 0 saturated carbocycles. The second-order valence-corrected chi connectivity index (χ2v) is 12.5. The summed E-state index contributed by atoms with van der Waals surface area (Å²) in [6, 6.07) is 8.87. The fraction of sp³-hybridized carbons (Fsp3) is 0.560. The Morgan fingerprint density at radius 1 is 1.26 bits per heavy atom. The number of amides is 1. The van der Waals surface area contributed by atoms with Crippen molar-refractivity contribution in [3.8, 4) is 0 Å². The van der Waals surface area contributed by atoms with E-state index in [0.717, 1.165) is 18.4 Å². The second-order valence-electron chi connectivity index (χ2n) is 9.13. The molecule has 8 nitrogen and oxygen atoms in total. The molecule has 0 aromatic heterocycles. The summed E-state index contributed by atoms with van der Waals surface area (Å²) in [6.45, 7) is 7.20. The van der Waals surface area contributed by atoms with Crippen molar-refractivity contribution in [1.82, 2.24) is 4.90 Å². The molecule has 0 radical (unpaired) electrons. The fourth-order valence-electron chi connectivity index (χ4n) is 3.88. The minimum Gasteiger partial charge on any atom is -0.480 e. The van der Waals surface area contributed by atoms with Crippen molar-refractivity contribution in [1.29, 1.82) is 0 Å². The van der Waals surface area contributed by atoms with E-state index in [-0.39, 0.29) is 36.7 Å². The van der Waals surface area contributed by atoms with Gasteiger partial charge in [-0.3, -0.25) is 18.7 Å². The second kappa shape index (κ2) is 13.9. The minimum atomic E-state index is -3.62. The molecule has 0 aliphatic carbocycles. The molecule has 1 amide bonds. The smallest absolute Gasteiger partial charge is 0.326 e. The summed E-state index contributed by atoms with van der Waals surface area (Å²) in [5, 5.41) is 9.24. The maximum atomic E-state index is 14.0. The number of aryl methyl sites for hydroxylation is 1. The first-order chi connectivity index (χ1) is 16.5. The molecular weight excluding hydrogens is 489 g/mol. The van der Waals surface area contributed by atoms with Gasteiger partial charge in [0.25, 0.3) is 0 Å². The van der Waals surface area contributed by atoms with Crippen LogP contribution in [0, 0.1) is 5.92 Å². The number of carboxylic acid groups (broad SMARTS) is 1. The van der Waals surface area contributed by atoms with Crippen LogP contribution in [0.5, 0.6) is 0 Å². The molecule has 35 heavy (non-hydrogen) atoms.